The summed E-state index contributed by atoms with van der Waals surface area (Å²) in [6.07, 6.45) is 6.62. The molecule has 0 radical (unpaired) electrons. The van der Waals surface area contributed by atoms with Crippen molar-refractivity contribution in [2.75, 3.05) is 9.80 Å². The highest BCUT2D eigenvalue weighted by Crippen LogP contribution is 2.47. The topological polar surface area (TPSA) is 6.48 Å². The zero-order valence-corrected chi connectivity index (χ0v) is 24.5. The lowest BCUT2D eigenvalue weighted by atomic mass is 10.0. The third kappa shape index (κ3) is 5.49. The summed E-state index contributed by atoms with van der Waals surface area (Å²) in [5.41, 5.74) is 13.4. The van der Waals surface area contributed by atoms with Crippen LogP contribution in [-0.2, 0) is 0 Å². The van der Waals surface area contributed by atoms with Gasteiger partial charge in [-0.1, -0.05) is 64.7 Å². The first-order chi connectivity index (χ1) is 18.3. The summed E-state index contributed by atoms with van der Waals surface area (Å²) in [5.74, 6) is 0. The monoisotopic (exact) mass is 562 g/mol. The average molecular weight is 564 g/mol. The smallest absolute Gasteiger partial charge is 0.0656 e. The van der Waals surface area contributed by atoms with Gasteiger partial charge in [0.1, 0.15) is 0 Å². The van der Waals surface area contributed by atoms with Gasteiger partial charge in [-0.3, -0.25) is 0 Å². The summed E-state index contributed by atoms with van der Waals surface area (Å²) in [6, 6.07) is 31.0. The molecule has 0 fully saturated rings. The van der Waals surface area contributed by atoms with Crippen LogP contribution in [0.1, 0.15) is 42.0 Å². The van der Waals surface area contributed by atoms with Gasteiger partial charge in [0.15, 0.2) is 0 Å². The molecule has 192 valence electrons. The van der Waals surface area contributed by atoms with Crippen molar-refractivity contribution in [2.24, 2.45) is 0 Å². The van der Waals surface area contributed by atoms with Crippen molar-refractivity contribution in [3.8, 4) is 0 Å². The number of allylic oxidation sites excluding steroid dienone is 4. The Morgan fingerprint density at radius 3 is 1.34 bits per heavy atom. The van der Waals surface area contributed by atoms with Crippen LogP contribution in [0.4, 0.5) is 28.4 Å². The number of aryl methyl sites for hydroxylation is 4. The number of anilines is 5. The number of hydrogen-bond acceptors (Lipinski definition) is 2. The van der Waals surface area contributed by atoms with E-state index in [0.717, 1.165) is 40.1 Å². The Morgan fingerprint density at radius 1 is 0.500 bits per heavy atom. The first-order valence-corrected chi connectivity index (χ1v) is 14.1. The molecule has 0 unspecified atom stereocenters. The van der Waals surface area contributed by atoms with E-state index >= 15 is 0 Å². The molecule has 0 atom stereocenters. The first kappa shape index (κ1) is 26.1. The molecule has 1 aliphatic carbocycles. The minimum Gasteiger partial charge on any atom is -0.313 e. The van der Waals surface area contributed by atoms with Crippen LogP contribution in [-0.4, -0.2) is 0 Å². The van der Waals surface area contributed by atoms with Gasteiger partial charge < -0.3 is 9.80 Å². The molecular formula is C35H35BrN2. The molecular weight excluding hydrogens is 528 g/mol. The summed E-state index contributed by atoms with van der Waals surface area (Å²) in [6.45, 7) is 10.8. The molecule has 2 nitrogen and oxygen atoms in total. The Balaban J connectivity index is 1.73. The predicted octanol–water partition coefficient (Wildman–Crippen LogP) is 10.9. The molecule has 0 aromatic heterocycles. The Kier molecular flexibility index (Phi) is 7.58. The van der Waals surface area contributed by atoms with Gasteiger partial charge in [0.05, 0.1) is 15.8 Å². The van der Waals surface area contributed by atoms with Gasteiger partial charge >= 0.3 is 0 Å². The molecule has 4 aromatic carbocycles. The van der Waals surface area contributed by atoms with E-state index < -0.39 is 0 Å². The van der Waals surface area contributed by atoms with Crippen LogP contribution in [0.15, 0.2) is 113 Å². The average Bonchev–Trinajstić information content (AvgIpc) is 2.91. The first-order valence-electron chi connectivity index (χ1n) is 13.3. The van der Waals surface area contributed by atoms with Crippen molar-refractivity contribution in [1.82, 2.24) is 0 Å². The van der Waals surface area contributed by atoms with Gasteiger partial charge in [0, 0.05) is 22.8 Å². The van der Waals surface area contributed by atoms with E-state index in [0.29, 0.717) is 0 Å². The van der Waals surface area contributed by atoms with E-state index in [1.54, 1.807) is 0 Å². The minimum atomic E-state index is 1.01. The molecule has 0 saturated heterocycles. The maximum absolute atomic E-state index is 4.10. The van der Waals surface area contributed by atoms with Crippen molar-refractivity contribution >= 4 is 44.4 Å². The van der Waals surface area contributed by atoms with Gasteiger partial charge in [0.2, 0.25) is 0 Å². The van der Waals surface area contributed by atoms with Crippen LogP contribution in [0.5, 0.6) is 0 Å². The molecule has 38 heavy (non-hydrogen) atoms. The van der Waals surface area contributed by atoms with Crippen molar-refractivity contribution in [2.45, 2.75) is 47.5 Å². The molecule has 0 N–H and O–H groups in total. The van der Waals surface area contributed by atoms with Crippen molar-refractivity contribution in [3.05, 3.63) is 135 Å². The summed E-state index contributed by atoms with van der Waals surface area (Å²) < 4.78 is 1.07. The van der Waals surface area contributed by atoms with E-state index in [2.05, 4.69) is 157 Å². The fraction of sp³-hybridized carbons (Fsp3) is 0.200. The Bertz CT molecular complexity index is 1450. The second kappa shape index (κ2) is 11.0. The second-order valence-corrected chi connectivity index (χ2v) is 11.3. The van der Waals surface area contributed by atoms with Crippen molar-refractivity contribution in [3.63, 3.8) is 0 Å². The van der Waals surface area contributed by atoms with Crippen LogP contribution in [0.3, 0.4) is 0 Å². The van der Waals surface area contributed by atoms with Gasteiger partial charge in [0.25, 0.3) is 0 Å². The zero-order chi connectivity index (χ0) is 26.8. The summed E-state index contributed by atoms with van der Waals surface area (Å²) in [7, 11) is 0. The van der Waals surface area contributed by atoms with Crippen molar-refractivity contribution < 1.29 is 0 Å². The van der Waals surface area contributed by atoms with E-state index in [1.807, 2.05) is 0 Å². The molecule has 3 heteroatoms. The molecule has 0 saturated carbocycles. The third-order valence-corrected chi connectivity index (χ3v) is 7.97. The lowest BCUT2D eigenvalue weighted by molar-refractivity contribution is 0.873. The number of hydrogen-bond donors (Lipinski definition) is 0. The number of halogens is 1. The predicted molar refractivity (Wildman–Crippen MR) is 167 cm³/mol. The van der Waals surface area contributed by atoms with E-state index in [9.17, 15) is 0 Å². The molecule has 1 aliphatic rings. The number of rotatable bonds is 6. The minimum absolute atomic E-state index is 1.01. The lowest BCUT2D eigenvalue weighted by Gasteiger charge is -2.33. The molecule has 0 amide bonds. The SMILES string of the molecule is CC1=CC=C(N(c2ccc(C)cc2)c2cc(C)cc(N(c3ccc(C)cc3)c3ccc(C)cc3)c2Br)CC1. The molecule has 0 aliphatic heterocycles. The van der Waals surface area contributed by atoms with Crippen LogP contribution >= 0.6 is 15.9 Å². The second-order valence-electron chi connectivity index (χ2n) is 10.5. The van der Waals surface area contributed by atoms with Gasteiger partial charge in [-0.25, -0.2) is 0 Å². The molecule has 0 spiro atoms. The zero-order valence-electron chi connectivity index (χ0n) is 22.9. The normalized spacial score (nSPS) is 13.1. The van der Waals surface area contributed by atoms with E-state index in [-0.39, 0.29) is 0 Å². The largest absolute Gasteiger partial charge is 0.313 e. The van der Waals surface area contributed by atoms with Crippen LogP contribution in [0.25, 0.3) is 0 Å². The van der Waals surface area contributed by atoms with Crippen LogP contribution in [0, 0.1) is 27.7 Å². The molecule has 5 rings (SSSR count). The highest BCUT2D eigenvalue weighted by atomic mass is 79.9. The highest BCUT2D eigenvalue weighted by molar-refractivity contribution is 9.10. The van der Waals surface area contributed by atoms with Gasteiger partial charge in [-0.15, -0.1) is 0 Å². The van der Waals surface area contributed by atoms with Gasteiger partial charge in [-0.2, -0.15) is 0 Å². The molecule has 0 heterocycles. The van der Waals surface area contributed by atoms with Gasteiger partial charge in [-0.05, 0) is 124 Å². The van der Waals surface area contributed by atoms with E-state index in [4.69, 9.17) is 0 Å². The number of benzene rings is 4. The van der Waals surface area contributed by atoms with Crippen LogP contribution < -0.4 is 9.80 Å². The molecule has 0 bridgehead atoms. The third-order valence-electron chi connectivity index (χ3n) is 7.16. The number of nitrogens with zero attached hydrogens (tertiary/aromatic N) is 2. The maximum atomic E-state index is 4.10. The Morgan fingerprint density at radius 2 is 0.921 bits per heavy atom. The van der Waals surface area contributed by atoms with Crippen LogP contribution in [0.2, 0.25) is 0 Å². The standard InChI is InChI=1S/C35H35BrN2/c1-24-6-14-29(15-7-24)37(30-16-8-25(2)9-17-30)33-22-28(5)23-34(35(33)36)38(31-18-10-26(3)11-19-31)32-20-12-27(4)13-21-32/h6-12,14-20,22-23H,13,21H2,1-5H3. The fourth-order valence-corrected chi connectivity index (χ4v) is 5.52. The quantitative estimate of drug-likeness (QED) is 0.230. The van der Waals surface area contributed by atoms with Crippen molar-refractivity contribution in [1.29, 1.82) is 0 Å². The Labute approximate surface area is 236 Å². The van der Waals surface area contributed by atoms with E-state index in [1.165, 1.54) is 39.2 Å². The summed E-state index contributed by atoms with van der Waals surface area (Å²) in [5, 5.41) is 0. The summed E-state index contributed by atoms with van der Waals surface area (Å²) >= 11 is 4.10. The Hall–Kier alpha value is -3.56. The maximum Gasteiger partial charge on any atom is 0.0656 e. The highest BCUT2D eigenvalue weighted by Gasteiger charge is 2.24. The fourth-order valence-electron chi connectivity index (χ4n) is 4.94. The molecule has 4 aromatic rings. The lowest BCUT2D eigenvalue weighted by Crippen LogP contribution is -2.20. The summed E-state index contributed by atoms with van der Waals surface area (Å²) in [4.78, 5) is 4.78.